The third kappa shape index (κ3) is 2.45. The Labute approximate surface area is 128 Å². The Morgan fingerprint density at radius 2 is 2.19 bits per heavy atom. The average molecular weight is 323 g/mol. The summed E-state index contributed by atoms with van der Waals surface area (Å²) in [5.41, 5.74) is 1.12. The molecular weight excluding hydrogens is 306 g/mol. The molecule has 0 fully saturated rings. The van der Waals surface area contributed by atoms with Gasteiger partial charge in [-0.1, -0.05) is 0 Å². The van der Waals surface area contributed by atoms with Gasteiger partial charge in [0.2, 0.25) is 10.0 Å². The Morgan fingerprint density at radius 1 is 1.38 bits per heavy atom. The SMILES string of the molecule is CNc1ccc(S(=O)(=O)N2CCc3sccc3C2C)cn1. The Morgan fingerprint density at radius 3 is 2.86 bits per heavy atom. The highest BCUT2D eigenvalue weighted by Gasteiger charge is 2.34. The molecule has 0 amide bonds. The molecular formula is C14H17N3O2S2. The minimum atomic E-state index is -3.51. The van der Waals surface area contributed by atoms with E-state index in [1.165, 1.54) is 11.1 Å². The zero-order chi connectivity index (χ0) is 15.0. The van der Waals surface area contributed by atoms with Crippen LogP contribution < -0.4 is 5.32 Å². The maximum atomic E-state index is 12.8. The molecule has 1 aliphatic rings. The minimum absolute atomic E-state index is 0.131. The highest BCUT2D eigenvalue weighted by molar-refractivity contribution is 7.89. The van der Waals surface area contributed by atoms with Gasteiger partial charge in [0.1, 0.15) is 10.7 Å². The van der Waals surface area contributed by atoms with E-state index in [4.69, 9.17) is 0 Å². The summed E-state index contributed by atoms with van der Waals surface area (Å²) in [5.74, 6) is 0.653. The molecule has 2 aromatic rings. The number of sulfonamides is 1. The minimum Gasteiger partial charge on any atom is -0.373 e. The van der Waals surface area contributed by atoms with Crippen molar-refractivity contribution in [2.45, 2.75) is 24.3 Å². The zero-order valence-corrected chi connectivity index (χ0v) is 13.5. The van der Waals surface area contributed by atoms with Crippen LogP contribution in [0.4, 0.5) is 5.82 Å². The first-order valence-corrected chi connectivity index (χ1v) is 9.08. The molecule has 21 heavy (non-hydrogen) atoms. The topological polar surface area (TPSA) is 62.3 Å². The second-order valence-corrected chi connectivity index (χ2v) is 7.86. The smallest absolute Gasteiger partial charge is 0.245 e. The van der Waals surface area contributed by atoms with E-state index >= 15 is 0 Å². The first-order chi connectivity index (χ1) is 10.0. The summed E-state index contributed by atoms with van der Waals surface area (Å²) >= 11 is 1.70. The van der Waals surface area contributed by atoms with Gasteiger partial charge in [-0.2, -0.15) is 4.31 Å². The molecule has 1 N–H and O–H groups in total. The summed E-state index contributed by atoms with van der Waals surface area (Å²) < 4.78 is 27.2. The van der Waals surface area contributed by atoms with Crippen molar-refractivity contribution in [2.24, 2.45) is 0 Å². The maximum absolute atomic E-state index is 12.8. The molecule has 112 valence electrons. The van der Waals surface area contributed by atoms with Crippen molar-refractivity contribution in [1.29, 1.82) is 0 Å². The van der Waals surface area contributed by atoms with Crippen LogP contribution in [-0.4, -0.2) is 31.3 Å². The Bertz CT molecular complexity index is 738. The summed E-state index contributed by atoms with van der Waals surface area (Å²) in [4.78, 5) is 5.63. The average Bonchev–Trinajstić information content (AvgIpc) is 2.97. The first-order valence-electron chi connectivity index (χ1n) is 6.76. The van der Waals surface area contributed by atoms with Gasteiger partial charge in [0.25, 0.3) is 0 Å². The number of nitrogens with zero attached hydrogens (tertiary/aromatic N) is 2. The molecule has 5 nitrogen and oxygen atoms in total. The van der Waals surface area contributed by atoms with E-state index in [2.05, 4.69) is 10.3 Å². The fourth-order valence-corrected chi connectivity index (χ4v) is 5.15. The van der Waals surface area contributed by atoms with E-state index < -0.39 is 10.0 Å². The van der Waals surface area contributed by atoms with Gasteiger partial charge < -0.3 is 5.32 Å². The fraction of sp³-hybridized carbons (Fsp3) is 0.357. The normalized spacial score (nSPS) is 19.2. The predicted octanol–water partition coefficient (Wildman–Crippen LogP) is 2.49. The van der Waals surface area contributed by atoms with Gasteiger partial charge in [-0.15, -0.1) is 11.3 Å². The number of hydrogen-bond donors (Lipinski definition) is 1. The lowest BCUT2D eigenvalue weighted by Gasteiger charge is -2.32. The molecule has 0 aromatic carbocycles. The largest absolute Gasteiger partial charge is 0.373 e. The van der Waals surface area contributed by atoms with Crippen LogP contribution in [-0.2, 0) is 16.4 Å². The van der Waals surface area contributed by atoms with Crippen molar-refractivity contribution in [2.75, 3.05) is 18.9 Å². The third-order valence-electron chi connectivity index (χ3n) is 3.82. The number of aromatic nitrogens is 1. The third-order valence-corrected chi connectivity index (χ3v) is 6.77. The fourth-order valence-electron chi connectivity index (χ4n) is 2.63. The zero-order valence-electron chi connectivity index (χ0n) is 11.9. The summed E-state index contributed by atoms with van der Waals surface area (Å²) in [7, 11) is -1.76. The molecule has 3 heterocycles. The second kappa shape index (κ2) is 5.40. The van der Waals surface area contributed by atoms with E-state index in [1.54, 1.807) is 34.8 Å². The van der Waals surface area contributed by atoms with Crippen LogP contribution in [0.5, 0.6) is 0 Å². The monoisotopic (exact) mass is 323 g/mol. The number of anilines is 1. The van der Waals surface area contributed by atoms with Crippen LogP contribution in [0, 0.1) is 0 Å². The van der Waals surface area contributed by atoms with Crippen LogP contribution >= 0.6 is 11.3 Å². The molecule has 3 rings (SSSR count). The molecule has 2 aromatic heterocycles. The van der Waals surface area contributed by atoms with E-state index in [9.17, 15) is 8.42 Å². The van der Waals surface area contributed by atoms with Crippen LogP contribution in [0.1, 0.15) is 23.4 Å². The Balaban J connectivity index is 1.95. The lowest BCUT2D eigenvalue weighted by atomic mass is 10.0. The van der Waals surface area contributed by atoms with Gasteiger partial charge in [-0.05, 0) is 42.5 Å². The number of nitrogens with one attached hydrogen (secondary N) is 1. The number of hydrogen-bond acceptors (Lipinski definition) is 5. The molecule has 0 spiro atoms. The van der Waals surface area contributed by atoms with Crippen molar-refractivity contribution < 1.29 is 8.42 Å². The number of fused-ring (bicyclic) bond motifs is 1. The van der Waals surface area contributed by atoms with Crippen LogP contribution in [0.2, 0.25) is 0 Å². The first kappa shape index (κ1) is 14.5. The van der Waals surface area contributed by atoms with Gasteiger partial charge in [0.15, 0.2) is 0 Å². The van der Waals surface area contributed by atoms with Crippen molar-refractivity contribution in [3.63, 3.8) is 0 Å². The van der Waals surface area contributed by atoms with Gasteiger partial charge in [0.05, 0.1) is 0 Å². The summed E-state index contributed by atoms with van der Waals surface area (Å²) in [5, 5.41) is 4.91. The second-order valence-electron chi connectivity index (χ2n) is 4.97. The molecule has 7 heteroatoms. The van der Waals surface area contributed by atoms with Crippen molar-refractivity contribution in [1.82, 2.24) is 9.29 Å². The predicted molar refractivity (Wildman–Crippen MR) is 84.1 cm³/mol. The molecule has 1 unspecified atom stereocenters. The van der Waals surface area contributed by atoms with Gasteiger partial charge in [-0.3, -0.25) is 0 Å². The standard InChI is InChI=1S/C14H17N3O2S2/c1-10-12-6-8-20-13(12)5-7-17(10)21(18,19)11-3-4-14(15-2)16-9-11/h3-4,6,8-10H,5,7H2,1-2H3,(H,15,16). The Kier molecular flexibility index (Phi) is 3.73. The van der Waals surface area contributed by atoms with Crippen LogP contribution in [0.3, 0.4) is 0 Å². The summed E-state index contributed by atoms with van der Waals surface area (Å²) in [6.07, 6.45) is 2.19. The molecule has 1 atom stereocenters. The number of rotatable bonds is 3. The van der Waals surface area contributed by atoms with Crippen molar-refractivity contribution >= 4 is 27.2 Å². The molecule has 0 radical (unpaired) electrons. The van der Waals surface area contributed by atoms with Crippen LogP contribution in [0.25, 0.3) is 0 Å². The van der Waals surface area contributed by atoms with E-state index in [0.717, 1.165) is 12.0 Å². The molecule has 0 saturated carbocycles. The van der Waals surface area contributed by atoms with E-state index in [0.29, 0.717) is 12.4 Å². The number of pyridine rings is 1. The van der Waals surface area contributed by atoms with Crippen LogP contribution in [0.15, 0.2) is 34.7 Å². The highest BCUT2D eigenvalue weighted by atomic mass is 32.2. The maximum Gasteiger partial charge on any atom is 0.245 e. The molecule has 1 aliphatic heterocycles. The summed E-state index contributed by atoms with van der Waals surface area (Å²) in [6.45, 7) is 2.46. The molecule has 0 bridgehead atoms. The lowest BCUT2D eigenvalue weighted by molar-refractivity contribution is 0.329. The van der Waals surface area contributed by atoms with Gasteiger partial charge >= 0.3 is 0 Å². The Hall–Kier alpha value is -1.44. The van der Waals surface area contributed by atoms with E-state index in [1.807, 2.05) is 18.4 Å². The van der Waals surface area contributed by atoms with Crippen molar-refractivity contribution in [3.05, 3.63) is 40.2 Å². The number of thiophene rings is 1. The van der Waals surface area contributed by atoms with Gasteiger partial charge in [-0.25, -0.2) is 13.4 Å². The van der Waals surface area contributed by atoms with Gasteiger partial charge in [0, 0.05) is 30.7 Å². The molecule has 0 saturated heterocycles. The lowest BCUT2D eigenvalue weighted by Crippen LogP contribution is -2.38. The van der Waals surface area contributed by atoms with E-state index in [-0.39, 0.29) is 10.9 Å². The molecule has 0 aliphatic carbocycles. The highest BCUT2D eigenvalue weighted by Crippen LogP contribution is 2.36. The van der Waals surface area contributed by atoms with Crippen molar-refractivity contribution in [3.8, 4) is 0 Å². The quantitative estimate of drug-likeness (QED) is 0.942. The summed E-state index contributed by atoms with van der Waals surface area (Å²) in [6, 6.07) is 5.17.